The van der Waals surface area contributed by atoms with Gasteiger partial charge in [-0.15, -0.1) is 0 Å². The highest BCUT2D eigenvalue weighted by atomic mass is 16.5. The summed E-state index contributed by atoms with van der Waals surface area (Å²) in [6, 6.07) is 3.62. The minimum Gasteiger partial charge on any atom is -0.504 e. The molecule has 5 atom stereocenters. The number of ether oxygens (including phenoxy) is 1. The highest BCUT2D eigenvalue weighted by Crippen LogP contribution is 2.61. The summed E-state index contributed by atoms with van der Waals surface area (Å²) in [5.41, 5.74) is 2.57. The van der Waals surface area contributed by atoms with E-state index in [2.05, 4.69) is 12.1 Å². The van der Waals surface area contributed by atoms with Gasteiger partial charge in [0.2, 0.25) is 0 Å². The molecule has 0 aliphatic heterocycles. The lowest BCUT2D eigenvalue weighted by molar-refractivity contribution is -0.0178. The number of benzene rings is 1. The average Bonchev–Trinajstić information content (AvgIpc) is 2.90. The van der Waals surface area contributed by atoms with Crippen LogP contribution in [0, 0.1) is 17.3 Å². The quantitative estimate of drug-likeness (QED) is 0.564. The van der Waals surface area contributed by atoms with Crippen molar-refractivity contribution in [1.29, 1.82) is 0 Å². The van der Waals surface area contributed by atoms with E-state index < -0.39 is 0 Å². The minimum atomic E-state index is -0.229. The van der Waals surface area contributed by atoms with Gasteiger partial charge in [0.25, 0.3) is 0 Å². The Bertz CT molecular complexity index is 716. The number of fused-ring (bicyclic) bond motifs is 5. The van der Waals surface area contributed by atoms with Crippen LogP contribution < -0.4 is 4.74 Å². The van der Waals surface area contributed by atoms with Gasteiger partial charge in [0.05, 0.1) is 18.4 Å². The van der Waals surface area contributed by atoms with Crippen molar-refractivity contribution in [2.24, 2.45) is 22.4 Å². The van der Waals surface area contributed by atoms with Gasteiger partial charge in [-0.1, -0.05) is 12.1 Å². The summed E-state index contributed by atoms with van der Waals surface area (Å²) in [5, 5.41) is 33.9. The number of rotatable bonds is 2. The molecular formula is C20H27NO4. The Kier molecular flexibility index (Phi) is 3.95. The predicted octanol–water partition coefficient (Wildman–Crippen LogP) is 3.64. The molecule has 1 aromatic rings. The van der Waals surface area contributed by atoms with Gasteiger partial charge in [0.15, 0.2) is 11.5 Å². The molecule has 0 unspecified atom stereocenters. The molecule has 3 aliphatic carbocycles. The Balaban J connectivity index is 1.79. The standard InChI is InChI=1S/C20H27NO4/c1-3-25-18-10-12-11-6-7-20(2)15(4-5-19(20)23)13(11)8-16(21-24)14(12)9-17(18)22/h9-11,13,15,19,22-24H,3-8H2,1-2H3/b21-16+/t11-,13-,15-,19+,20-/m1/s1. The van der Waals surface area contributed by atoms with Crippen LogP contribution >= 0.6 is 0 Å². The molecule has 1 aromatic carbocycles. The van der Waals surface area contributed by atoms with Crippen LogP contribution in [0.5, 0.6) is 11.5 Å². The number of hydrogen-bond donors (Lipinski definition) is 3. The molecule has 5 heteroatoms. The van der Waals surface area contributed by atoms with E-state index in [9.17, 15) is 15.4 Å². The summed E-state index contributed by atoms with van der Waals surface area (Å²) in [4.78, 5) is 0. The van der Waals surface area contributed by atoms with Crippen molar-refractivity contribution in [2.75, 3.05) is 6.61 Å². The zero-order valence-corrected chi connectivity index (χ0v) is 14.9. The van der Waals surface area contributed by atoms with Crippen molar-refractivity contribution in [3.05, 3.63) is 23.3 Å². The van der Waals surface area contributed by atoms with Crippen molar-refractivity contribution >= 4 is 5.71 Å². The number of nitrogens with zero attached hydrogens (tertiary/aromatic N) is 1. The topological polar surface area (TPSA) is 82.3 Å². The molecule has 25 heavy (non-hydrogen) atoms. The van der Waals surface area contributed by atoms with Crippen LogP contribution in [0.25, 0.3) is 0 Å². The van der Waals surface area contributed by atoms with Crippen molar-refractivity contribution in [1.82, 2.24) is 0 Å². The second kappa shape index (κ2) is 5.90. The van der Waals surface area contributed by atoms with Gasteiger partial charge in [-0.3, -0.25) is 0 Å². The van der Waals surface area contributed by atoms with Crippen molar-refractivity contribution < 1.29 is 20.2 Å². The first-order valence-electron chi connectivity index (χ1n) is 9.38. The predicted molar refractivity (Wildman–Crippen MR) is 94.5 cm³/mol. The monoisotopic (exact) mass is 345 g/mol. The molecule has 0 radical (unpaired) electrons. The van der Waals surface area contributed by atoms with Gasteiger partial charge in [0.1, 0.15) is 0 Å². The summed E-state index contributed by atoms with van der Waals surface area (Å²) in [7, 11) is 0. The van der Waals surface area contributed by atoms with Crippen LogP contribution in [-0.4, -0.2) is 33.8 Å². The van der Waals surface area contributed by atoms with Crippen LogP contribution in [0.2, 0.25) is 0 Å². The molecule has 0 bridgehead atoms. The largest absolute Gasteiger partial charge is 0.504 e. The van der Waals surface area contributed by atoms with E-state index in [-0.39, 0.29) is 17.3 Å². The molecule has 0 saturated heterocycles. The Morgan fingerprint density at radius 3 is 2.80 bits per heavy atom. The van der Waals surface area contributed by atoms with Crippen molar-refractivity contribution in [3.8, 4) is 11.5 Å². The lowest BCUT2D eigenvalue weighted by Crippen LogP contribution is -2.45. The third kappa shape index (κ3) is 2.35. The molecule has 0 aromatic heterocycles. The molecule has 0 spiro atoms. The van der Waals surface area contributed by atoms with Gasteiger partial charge in [-0.05, 0) is 79.9 Å². The molecule has 2 fully saturated rings. The molecule has 4 rings (SSSR count). The third-order valence-corrected chi connectivity index (χ3v) is 7.08. The number of aromatic hydroxyl groups is 1. The van der Waals surface area contributed by atoms with Crippen LogP contribution in [0.1, 0.15) is 63.0 Å². The number of aliphatic hydroxyl groups excluding tert-OH is 1. The van der Waals surface area contributed by atoms with Crippen LogP contribution in [0.4, 0.5) is 0 Å². The van der Waals surface area contributed by atoms with Gasteiger partial charge in [-0.2, -0.15) is 0 Å². The normalized spacial score (nSPS) is 38.1. The fraction of sp³-hybridized carbons (Fsp3) is 0.650. The van der Waals surface area contributed by atoms with E-state index in [0.717, 1.165) is 36.8 Å². The summed E-state index contributed by atoms with van der Waals surface area (Å²) >= 11 is 0. The lowest BCUT2D eigenvalue weighted by atomic mass is 9.55. The first-order chi connectivity index (χ1) is 12.0. The van der Waals surface area contributed by atoms with Crippen molar-refractivity contribution in [2.45, 2.75) is 58.0 Å². The van der Waals surface area contributed by atoms with Crippen LogP contribution in [0.15, 0.2) is 17.3 Å². The third-order valence-electron chi connectivity index (χ3n) is 7.08. The summed E-state index contributed by atoms with van der Waals surface area (Å²) < 4.78 is 5.58. The minimum absolute atomic E-state index is 0.0289. The maximum absolute atomic E-state index is 10.5. The molecule has 2 saturated carbocycles. The Hall–Kier alpha value is -1.75. The lowest BCUT2D eigenvalue weighted by Gasteiger charge is -2.50. The molecule has 0 heterocycles. The van der Waals surface area contributed by atoms with Crippen molar-refractivity contribution in [3.63, 3.8) is 0 Å². The maximum atomic E-state index is 10.5. The second-order valence-electron chi connectivity index (χ2n) is 8.11. The zero-order valence-electron chi connectivity index (χ0n) is 14.9. The van der Waals surface area contributed by atoms with Gasteiger partial charge in [0, 0.05) is 5.56 Å². The smallest absolute Gasteiger partial charge is 0.161 e. The maximum Gasteiger partial charge on any atom is 0.161 e. The zero-order chi connectivity index (χ0) is 17.8. The van der Waals surface area contributed by atoms with E-state index in [0.29, 0.717) is 42.2 Å². The van der Waals surface area contributed by atoms with E-state index in [1.807, 2.05) is 13.0 Å². The molecule has 3 N–H and O–H groups in total. The van der Waals surface area contributed by atoms with E-state index in [4.69, 9.17) is 4.74 Å². The van der Waals surface area contributed by atoms with Crippen LogP contribution in [-0.2, 0) is 0 Å². The molecule has 136 valence electrons. The molecule has 3 aliphatic rings. The Labute approximate surface area is 148 Å². The number of hydrogen-bond acceptors (Lipinski definition) is 5. The molecule has 0 amide bonds. The first kappa shape index (κ1) is 16.7. The van der Waals surface area contributed by atoms with E-state index in [1.54, 1.807) is 6.07 Å². The highest BCUT2D eigenvalue weighted by Gasteiger charge is 2.55. The molecular weight excluding hydrogens is 318 g/mol. The highest BCUT2D eigenvalue weighted by molar-refractivity contribution is 6.03. The SMILES string of the molecule is CCOc1cc2c(cc1O)/C(=N/O)C[C@@H]1[C@@H]2CC[C@]2(C)[C@@H]1CC[C@@H]2O. The number of oxime groups is 1. The first-order valence-corrected chi connectivity index (χ1v) is 9.38. The van der Waals surface area contributed by atoms with E-state index >= 15 is 0 Å². The Morgan fingerprint density at radius 2 is 2.08 bits per heavy atom. The summed E-state index contributed by atoms with van der Waals surface area (Å²) in [6.07, 6.45) is 4.39. The average molecular weight is 345 g/mol. The fourth-order valence-electron chi connectivity index (χ4n) is 5.77. The van der Waals surface area contributed by atoms with E-state index in [1.165, 1.54) is 0 Å². The molecule has 5 nitrogen and oxygen atoms in total. The summed E-state index contributed by atoms with van der Waals surface area (Å²) in [6.45, 7) is 4.61. The summed E-state index contributed by atoms with van der Waals surface area (Å²) in [5.74, 6) is 1.77. The number of aliphatic hydroxyl groups is 1. The van der Waals surface area contributed by atoms with Gasteiger partial charge >= 0.3 is 0 Å². The second-order valence-corrected chi connectivity index (χ2v) is 8.11. The van der Waals surface area contributed by atoms with Gasteiger partial charge in [-0.25, -0.2) is 0 Å². The fourth-order valence-corrected chi connectivity index (χ4v) is 5.77. The number of phenolic OH excluding ortho intramolecular Hbond substituents is 1. The number of phenols is 1. The Morgan fingerprint density at radius 1 is 1.28 bits per heavy atom. The van der Waals surface area contributed by atoms with Gasteiger partial charge < -0.3 is 20.2 Å². The van der Waals surface area contributed by atoms with Crippen LogP contribution in [0.3, 0.4) is 0 Å².